The molecule has 100 valence electrons. The smallest absolute Gasteiger partial charge is 0.0589 e. The Morgan fingerprint density at radius 3 is 2.83 bits per heavy atom. The van der Waals surface area contributed by atoms with Crippen LogP contribution in [0.5, 0.6) is 0 Å². The molecule has 0 saturated carbocycles. The highest BCUT2D eigenvalue weighted by Gasteiger charge is 2.23. The molecule has 1 unspecified atom stereocenters. The van der Waals surface area contributed by atoms with Gasteiger partial charge in [0.05, 0.1) is 6.61 Å². The highest BCUT2D eigenvalue weighted by Crippen LogP contribution is 2.25. The Labute approximate surface area is 110 Å². The van der Waals surface area contributed by atoms with Crippen LogP contribution in [0.4, 0.5) is 5.69 Å². The van der Waals surface area contributed by atoms with Crippen LogP contribution in [0.1, 0.15) is 19.4 Å². The number of fused-ring (bicyclic) bond motifs is 1. The number of para-hydroxylation sites is 1. The van der Waals surface area contributed by atoms with Crippen LogP contribution in [0.2, 0.25) is 0 Å². The summed E-state index contributed by atoms with van der Waals surface area (Å²) >= 11 is 0. The van der Waals surface area contributed by atoms with Crippen LogP contribution in [0.25, 0.3) is 0 Å². The van der Waals surface area contributed by atoms with Crippen molar-refractivity contribution in [2.75, 3.05) is 32.1 Å². The van der Waals surface area contributed by atoms with Crippen LogP contribution in [-0.4, -0.2) is 43.8 Å². The molecule has 1 aromatic carbocycles. The number of hydrogen-bond acceptors (Lipinski definition) is 3. The molecular formula is C15H24N2O. The molecule has 0 fully saturated rings. The van der Waals surface area contributed by atoms with Crippen LogP contribution in [0.15, 0.2) is 24.3 Å². The maximum Gasteiger partial charge on any atom is 0.0589 e. The molecule has 18 heavy (non-hydrogen) atoms. The topological polar surface area (TPSA) is 24.5 Å². The molecule has 0 saturated heterocycles. The normalized spacial score (nSPS) is 18.2. The second-order valence-corrected chi connectivity index (χ2v) is 5.28. The van der Waals surface area contributed by atoms with Gasteiger partial charge in [0.1, 0.15) is 0 Å². The molecule has 0 aliphatic carbocycles. The van der Waals surface area contributed by atoms with E-state index in [2.05, 4.69) is 48.3 Å². The molecule has 1 aromatic rings. The Balaban J connectivity index is 1.90. The minimum Gasteiger partial charge on any atom is -0.383 e. The van der Waals surface area contributed by atoms with Gasteiger partial charge < -0.3 is 10.1 Å². The van der Waals surface area contributed by atoms with Crippen molar-refractivity contribution in [2.45, 2.75) is 32.4 Å². The lowest BCUT2D eigenvalue weighted by molar-refractivity contribution is 0.127. The van der Waals surface area contributed by atoms with Gasteiger partial charge in [0, 0.05) is 38.0 Å². The van der Waals surface area contributed by atoms with Gasteiger partial charge in [-0.3, -0.25) is 4.90 Å². The first kappa shape index (κ1) is 13.4. The summed E-state index contributed by atoms with van der Waals surface area (Å²) in [7, 11) is 1.77. The number of anilines is 1. The maximum atomic E-state index is 5.19. The van der Waals surface area contributed by atoms with Crippen molar-refractivity contribution in [2.24, 2.45) is 0 Å². The van der Waals surface area contributed by atoms with Gasteiger partial charge in [-0.2, -0.15) is 0 Å². The van der Waals surface area contributed by atoms with Gasteiger partial charge in [-0.05, 0) is 31.9 Å². The largest absolute Gasteiger partial charge is 0.383 e. The SMILES string of the molecule is COCCN(CC1Cc2ccccc2N1)C(C)C. The van der Waals surface area contributed by atoms with Crippen LogP contribution in [0.3, 0.4) is 0 Å². The van der Waals surface area contributed by atoms with Gasteiger partial charge in [0.2, 0.25) is 0 Å². The van der Waals surface area contributed by atoms with Gasteiger partial charge >= 0.3 is 0 Å². The standard InChI is InChI=1S/C15H24N2O/c1-12(2)17(8-9-18-3)11-14-10-13-6-4-5-7-15(13)16-14/h4-7,12,14,16H,8-11H2,1-3H3. The number of nitrogens with one attached hydrogen (secondary N) is 1. The van der Waals surface area contributed by atoms with E-state index in [1.54, 1.807) is 7.11 Å². The third-order valence-corrected chi connectivity index (χ3v) is 3.61. The summed E-state index contributed by atoms with van der Waals surface area (Å²) in [5.41, 5.74) is 2.75. The first-order valence-corrected chi connectivity index (χ1v) is 6.78. The fraction of sp³-hybridized carbons (Fsp3) is 0.600. The van der Waals surface area contributed by atoms with E-state index in [1.807, 2.05) is 0 Å². The summed E-state index contributed by atoms with van der Waals surface area (Å²) in [5.74, 6) is 0. The van der Waals surface area contributed by atoms with Gasteiger partial charge in [-0.1, -0.05) is 18.2 Å². The molecule has 0 bridgehead atoms. The molecule has 3 nitrogen and oxygen atoms in total. The Bertz CT molecular complexity index is 354. The van der Waals surface area contributed by atoms with Crippen LogP contribution < -0.4 is 5.32 Å². The van der Waals surface area contributed by atoms with E-state index < -0.39 is 0 Å². The summed E-state index contributed by atoms with van der Waals surface area (Å²) in [6.45, 7) is 7.38. The first-order chi connectivity index (χ1) is 8.70. The molecule has 0 radical (unpaired) electrons. The van der Waals surface area contributed by atoms with E-state index >= 15 is 0 Å². The maximum absolute atomic E-state index is 5.19. The Hall–Kier alpha value is -1.06. The summed E-state index contributed by atoms with van der Waals surface area (Å²) in [5, 5.41) is 3.61. The lowest BCUT2D eigenvalue weighted by Crippen LogP contribution is -2.41. The minimum absolute atomic E-state index is 0.529. The second-order valence-electron chi connectivity index (χ2n) is 5.28. The first-order valence-electron chi connectivity index (χ1n) is 6.78. The van der Waals surface area contributed by atoms with Crippen LogP contribution in [-0.2, 0) is 11.2 Å². The summed E-state index contributed by atoms with van der Waals surface area (Å²) in [6, 6.07) is 9.70. The highest BCUT2D eigenvalue weighted by molar-refractivity contribution is 5.56. The van der Waals surface area contributed by atoms with Crippen molar-refractivity contribution < 1.29 is 4.74 Å². The number of methoxy groups -OCH3 is 1. The fourth-order valence-electron chi connectivity index (χ4n) is 2.54. The Kier molecular flexibility index (Phi) is 4.61. The third kappa shape index (κ3) is 3.24. The van der Waals surface area contributed by atoms with Crippen LogP contribution in [0, 0.1) is 0 Å². The van der Waals surface area contributed by atoms with Crippen molar-refractivity contribution in [1.82, 2.24) is 4.90 Å². The molecular weight excluding hydrogens is 224 g/mol. The number of nitrogens with zero attached hydrogens (tertiary/aromatic N) is 1. The van der Waals surface area contributed by atoms with E-state index in [4.69, 9.17) is 4.74 Å². The summed E-state index contributed by atoms with van der Waals surface area (Å²) in [6.07, 6.45) is 1.13. The Morgan fingerprint density at radius 2 is 2.17 bits per heavy atom. The van der Waals surface area contributed by atoms with E-state index in [-0.39, 0.29) is 0 Å². The van der Waals surface area contributed by atoms with Crippen LogP contribution >= 0.6 is 0 Å². The Morgan fingerprint density at radius 1 is 1.39 bits per heavy atom. The molecule has 2 rings (SSSR count). The average molecular weight is 248 g/mol. The van der Waals surface area contributed by atoms with Gasteiger partial charge in [-0.25, -0.2) is 0 Å². The van der Waals surface area contributed by atoms with Crippen molar-refractivity contribution in [3.63, 3.8) is 0 Å². The monoisotopic (exact) mass is 248 g/mol. The predicted octanol–water partition coefficient (Wildman–Crippen LogP) is 2.38. The molecule has 0 aromatic heterocycles. The number of hydrogen-bond donors (Lipinski definition) is 1. The molecule has 1 atom stereocenters. The van der Waals surface area contributed by atoms with E-state index in [0.717, 1.165) is 26.1 Å². The third-order valence-electron chi connectivity index (χ3n) is 3.61. The average Bonchev–Trinajstić information content (AvgIpc) is 2.76. The van der Waals surface area contributed by atoms with Gasteiger partial charge in [-0.15, -0.1) is 0 Å². The van der Waals surface area contributed by atoms with Crippen molar-refractivity contribution >= 4 is 5.69 Å². The molecule has 1 N–H and O–H groups in total. The molecule has 1 aliphatic rings. The van der Waals surface area contributed by atoms with Crippen molar-refractivity contribution in [3.05, 3.63) is 29.8 Å². The zero-order valence-corrected chi connectivity index (χ0v) is 11.6. The fourth-order valence-corrected chi connectivity index (χ4v) is 2.54. The molecule has 1 heterocycles. The van der Waals surface area contributed by atoms with Gasteiger partial charge in [0.25, 0.3) is 0 Å². The van der Waals surface area contributed by atoms with E-state index in [0.29, 0.717) is 12.1 Å². The lowest BCUT2D eigenvalue weighted by atomic mass is 10.1. The lowest BCUT2D eigenvalue weighted by Gasteiger charge is -2.29. The predicted molar refractivity (Wildman–Crippen MR) is 76.1 cm³/mol. The zero-order valence-electron chi connectivity index (χ0n) is 11.6. The van der Waals surface area contributed by atoms with Crippen molar-refractivity contribution in [3.8, 4) is 0 Å². The van der Waals surface area contributed by atoms with Gasteiger partial charge in [0.15, 0.2) is 0 Å². The number of benzene rings is 1. The number of rotatable bonds is 6. The molecule has 0 spiro atoms. The zero-order chi connectivity index (χ0) is 13.0. The second kappa shape index (κ2) is 6.21. The summed E-state index contributed by atoms with van der Waals surface area (Å²) in [4.78, 5) is 2.48. The van der Waals surface area contributed by atoms with E-state index in [1.165, 1.54) is 11.3 Å². The molecule has 3 heteroatoms. The number of ether oxygens (including phenoxy) is 1. The minimum atomic E-state index is 0.529. The van der Waals surface area contributed by atoms with Crippen molar-refractivity contribution in [1.29, 1.82) is 0 Å². The molecule has 0 amide bonds. The molecule has 1 aliphatic heterocycles. The summed E-state index contributed by atoms with van der Waals surface area (Å²) < 4.78 is 5.19. The quantitative estimate of drug-likeness (QED) is 0.836. The van der Waals surface area contributed by atoms with E-state index in [9.17, 15) is 0 Å². The highest BCUT2D eigenvalue weighted by atomic mass is 16.5.